The van der Waals surface area contributed by atoms with E-state index in [1.807, 2.05) is 17.5 Å². The third-order valence-electron chi connectivity index (χ3n) is 5.82. The molecular formula is C23H27ClN6O3S. The molecule has 0 radical (unpaired) electrons. The fraction of sp³-hybridized carbons (Fsp3) is 0.435. The quantitative estimate of drug-likeness (QED) is 0.465. The Morgan fingerprint density at radius 2 is 1.97 bits per heavy atom. The topological polar surface area (TPSA) is 113 Å². The summed E-state index contributed by atoms with van der Waals surface area (Å²) in [5, 5.41) is 27.6. The maximum atomic E-state index is 13.4. The summed E-state index contributed by atoms with van der Waals surface area (Å²) in [6, 6.07) is 9.94. The number of carbonyl (C=O) groups excluding carboxylic acids is 2. The zero-order valence-corrected chi connectivity index (χ0v) is 20.2. The van der Waals surface area contributed by atoms with Crippen LogP contribution < -0.4 is 5.32 Å². The highest BCUT2D eigenvalue weighted by Crippen LogP contribution is 2.27. The molecule has 1 saturated carbocycles. The van der Waals surface area contributed by atoms with E-state index in [1.165, 1.54) is 27.5 Å². The van der Waals surface area contributed by atoms with Gasteiger partial charge in [0.15, 0.2) is 0 Å². The number of rotatable bonds is 9. The summed E-state index contributed by atoms with van der Waals surface area (Å²) >= 11 is 7.34. The van der Waals surface area contributed by atoms with Crippen molar-refractivity contribution in [2.45, 2.75) is 50.7 Å². The van der Waals surface area contributed by atoms with Crippen molar-refractivity contribution in [1.82, 2.24) is 30.4 Å². The van der Waals surface area contributed by atoms with Gasteiger partial charge in [0.1, 0.15) is 12.6 Å². The molecule has 2 N–H and O–H groups in total. The number of halogens is 1. The number of aliphatic hydroxyl groups is 1. The van der Waals surface area contributed by atoms with Gasteiger partial charge in [-0.05, 0) is 53.8 Å². The van der Waals surface area contributed by atoms with Gasteiger partial charge in [-0.3, -0.25) is 9.59 Å². The number of aromatic nitrogens is 4. The Morgan fingerprint density at radius 3 is 2.65 bits per heavy atom. The number of hydrogen-bond donors (Lipinski definition) is 2. The smallest absolute Gasteiger partial charge is 0.248 e. The van der Waals surface area contributed by atoms with Crippen molar-refractivity contribution in [2.75, 3.05) is 13.2 Å². The van der Waals surface area contributed by atoms with Crippen LogP contribution in [-0.2, 0) is 16.1 Å². The van der Waals surface area contributed by atoms with Crippen LogP contribution in [0.1, 0.15) is 43.0 Å². The highest BCUT2D eigenvalue weighted by molar-refractivity contribution is 7.10. The Morgan fingerprint density at radius 1 is 1.21 bits per heavy atom. The molecule has 9 nitrogen and oxygen atoms in total. The minimum atomic E-state index is -0.833. The van der Waals surface area contributed by atoms with Crippen LogP contribution in [0.15, 0.2) is 41.8 Å². The van der Waals surface area contributed by atoms with E-state index in [9.17, 15) is 14.7 Å². The van der Waals surface area contributed by atoms with E-state index in [0.29, 0.717) is 10.8 Å². The fourth-order valence-electron chi connectivity index (χ4n) is 4.14. The van der Waals surface area contributed by atoms with Crippen LogP contribution in [0.25, 0.3) is 11.4 Å². The second kappa shape index (κ2) is 11.5. The molecule has 0 bridgehead atoms. The summed E-state index contributed by atoms with van der Waals surface area (Å²) in [5.74, 6) is -0.251. The van der Waals surface area contributed by atoms with E-state index in [1.54, 1.807) is 24.3 Å². The van der Waals surface area contributed by atoms with Crippen molar-refractivity contribution < 1.29 is 14.7 Å². The molecule has 1 aromatic carbocycles. The first-order valence-electron chi connectivity index (χ1n) is 11.3. The van der Waals surface area contributed by atoms with Gasteiger partial charge in [0.2, 0.25) is 17.6 Å². The summed E-state index contributed by atoms with van der Waals surface area (Å²) in [6.45, 7) is -0.470. The molecule has 1 aliphatic rings. The van der Waals surface area contributed by atoms with Crippen LogP contribution in [0.4, 0.5) is 0 Å². The normalized spacial score (nSPS) is 15.1. The highest BCUT2D eigenvalue weighted by atomic mass is 35.5. The van der Waals surface area contributed by atoms with Crippen LogP contribution in [-0.4, -0.2) is 61.2 Å². The fourth-order valence-corrected chi connectivity index (χ4v) is 5.10. The lowest BCUT2D eigenvalue weighted by atomic mass is 9.95. The first-order valence-corrected chi connectivity index (χ1v) is 12.6. The molecule has 11 heteroatoms. The van der Waals surface area contributed by atoms with E-state index < -0.39 is 6.04 Å². The van der Waals surface area contributed by atoms with Crippen molar-refractivity contribution in [3.63, 3.8) is 0 Å². The number of aliphatic hydroxyl groups excluding tert-OH is 1. The van der Waals surface area contributed by atoms with E-state index in [0.717, 1.165) is 36.1 Å². The molecule has 1 fully saturated rings. The highest BCUT2D eigenvalue weighted by Gasteiger charge is 2.33. The third-order valence-corrected chi connectivity index (χ3v) is 6.99. The lowest BCUT2D eigenvalue weighted by Gasteiger charge is -2.32. The molecule has 3 aromatic rings. The molecule has 4 rings (SSSR count). The van der Waals surface area contributed by atoms with Crippen molar-refractivity contribution in [3.8, 4) is 11.4 Å². The van der Waals surface area contributed by atoms with Crippen molar-refractivity contribution in [1.29, 1.82) is 0 Å². The number of tetrazole rings is 1. The Hall–Kier alpha value is -2.82. The molecule has 1 unspecified atom stereocenters. The van der Waals surface area contributed by atoms with Crippen molar-refractivity contribution in [2.24, 2.45) is 0 Å². The zero-order valence-electron chi connectivity index (χ0n) is 18.6. The second-order valence-corrected chi connectivity index (χ2v) is 9.64. The van der Waals surface area contributed by atoms with Crippen LogP contribution in [0, 0.1) is 0 Å². The molecule has 0 aliphatic heterocycles. The van der Waals surface area contributed by atoms with Gasteiger partial charge in [0.05, 0.1) is 6.61 Å². The van der Waals surface area contributed by atoms with Gasteiger partial charge in [-0.15, -0.1) is 21.5 Å². The van der Waals surface area contributed by atoms with E-state index in [4.69, 9.17) is 11.6 Å². The van der Waals surface area contributed by atoms with Crippen molar-refractivity contribution in [3.05, 3.63) is 51.7 Å². The minimum Gasteiger partial charge on any atom is -0.395 e. The molecule has 0 saturated heterocycles. The monoisotopic (exact) mass is 502 g/mol. The predicted molar refractivity (Wildman–Crippen MR) is 129 cm³/mol. The zero-order chi connectivity index (χ0) is 23.9. The van der Waals surface area contributed by atoms with E-state index in [-0.39, 0.29) is 37.6 Å². The van der Waals surface area contributed by atoms with Gasteiger partial charge in [-0.25, -0.2) is 0 Å². The Labute approximate surface area is 206 Å². The summed E-state index contributed by atoms with van der Waals surface area (Å²) in [5.41, 5.74) is 0.721. The maximum Gasteiger partial charge on any atom is 0.248 e. The van der Waals surface area contributed by atoms with Crippen LogP contribution in [0.5, 0.6) is 0 Å². The largest absolute Gasteiger partial charge is 0.395 e. The van der Waals surface area contributed by atoms with Gasteiger partial charge in [-0.1, -0.05) is 36.9 Å². The van der Waals surface area contributed by atoms with Crippen LogP contribution >= 0.6 is 22.9 Å². The number of nitrogens with one attached hydrogen (secondary N) is 1. The number of hydrogen-bond acceptors (Lipinski definition) is 7. The number of nitrogens with zero attached hydrogens (tertiary/aromatic N) is 5. The molecule has 2 heterocycles. The minimum absolute atomic E-state index is 0.0121. The third kappa shape index (κ3) is 5.99. The van der Waals surface area contributed by atoms with Gasteiger partial charge >= 0.3 is 0 Å². The lowest BCUT2D eigenvalue weighted by Crippen LogP contribution is -2.48. The number of thiophene rings is 1. The molecular weight excluding hydrogens is 476 g/mol. The average Bonchev–Trinajstić information content (AvgIpc) is 3.53. The van der Waals surface area contributed by atoms with Gasteiger partial charge < -0.3 is 15.3 Å². The van der Waals surface area contributed by atoms with E-state index in [2.05, 4.69) is 20.7 Å². The average molecular weight is 503 g/mol. The molecule has 1 aliphatic carbocycles. The molecule has 1 atom stereocenters. The predicted octanol–water partition coefficient (Wildman–Crippen LogP) is 3.07. The second-order valence-electron chi connectivity index (χ2n) is 8.22. The molecule has 0 spiro atoms. The lowest BCUT2D eigenvalue weighted by molar-refractivity contribution is -0.142. The summed E-state index contributed by atoms with van der Waals surface area (Å²) in [4.78, 5) is 30.0. The molecule has 2 amide bonds. The molecule has 2 aromatic heterocycles. The van der Waals surface area contributed by atoms with Gasteiger partial charge in [0, 0.05) is 28.0 Å². The van der Waals surface area contributed by atoms with Crippen LogP contribution in [0.3, 0.4) is 0 Å². The Kier molecular flexibility index (Phi) is 8.25. The van der Waals surface area contributed by atoms with E-state index >= 15 is 0 Å². The molecule has 180 valence electrons. The summed E-state index contributed by atoms with van der Waals surface area (Å²) in [7, 11) is 0. The first kappa shape index (κ1) is 24.3. The van der Waals surface area contributed by atoms with Crippen LogP contribution in [0.2, 0.25) is 5.02 Å². The molecule has 34 heavy (non-hydrogen) atoms. The summed E-state index contributed by atoms with van der Waals surface area (Å²) < 4.78 is 0. The Balaban J connectivity index is 1.52. The Bertz CT molecular complexity index is 1080. The standard InChI is InChI=1S/C23H27ClN6O3S/c24-17-10-8-16(9-11-17)22-26-28-30(27-22)15-20(32)29(12-13-31)21(19-7-4-14-34-19)23(33)25-18-5-2-1-3-6-18/h4,7-11,14,18,21,31H,1-3,5-6,12-13,15H2,(H,25,33). The first-order chi connectivity index (χ1) is 16.5. The van der Waals surface area contributed by atoms with Gasteiger partial charge in [-0.2, -0.15) is 4.80 Å². The number of carbonyl (C=O) groups is 2. The maximum absolute atomic E-state index is 13.4. The number of benzene rings is 1. The van der Waals surface area contributed by atoms with Gasteiger partial charge in [0.25, 0.3) is 0 Å². The SMILES string of the molecule is O=C(NC1CCCCC1)C(c1cccs1)N(CCO)C(=O)Cn1nnc(-c2ccc(Cl)cc2)n1. The number of amides is 2. The summed E-state index contributed by atoms with van der Waals surface area (Å²) in [6.07, 6.45) is 5.23. The van der Waals surface area contributed by atoms with Crippen molar-refractivity contribution >= 4 is 34.8 Å².